The topological polar surface area (TPSA) is 42.0 Å². The molecule has 0 spiro atoms. The number of nitrogens with zero attached hydrogens (tertiary/aromatic N) is 1. The van der Waals surface area contributed by atoms with Crippen molar-refractivity contribution in [2.75, 3.05) is 0 Å². The number of hydrogen-bond acceptors (Lipinski definition) is 2. The van der Waals surface area contributed by atoms with Gasteiger partial charge < -0.3 is 5.32 Å². The van der Waals surface area contributed by atoms with Crippen LogP contribution in [0.5, 0.6) is 0 Å². The van der Waals surface area contributed by atoms with Gasteiger partial charge in [0.2, 0.25) is 0 Å². The number of amides is 1. The average Bonchev–Trinajstić information content (AvgIpc) is 2.39. The number of nitrogens with one attached hydrogen (secondary N) is 1. The lowest BCUT2D eigenvalue weighted by Crippen LogP contribution is -2.41. The lowest BCUT2D eigenvalue weighted by atomic mass is 9.94. The third-order valence-electron chi connectivity index (χ3n) is 2.91. The highest BCUT2D eigenvalue weighted by Gasteiger charge is 2.23. The van der Waals surface area contributed by atoms with Crippen molar-refractivity contribution >= 4 is 5.91 Å². The zero-order chi connectivity index (χ0) is 13.9. The molecule has 0 aliphatic heterocycles. The third kappa shape index (κ3) is 3.16. The molecule has 0 atom stereocenters. The molecule has 0 saturated heterocycles. The number of rotatable bonds is 3. The summed E-state index contributed by atoms with van der Waals surface area (Å²) in [6.07, 6.45) is 3.12. The van der Waals surface area contributed by atoms with Gasteiger partial charge in [-0.1, -0.05) is 12.1 Å². The fourth-order valence-corrected chi connectivity index (χ4v) is 1.81. The lowest BCUT2D eigenvalue weighted by Gasteiger charge is -2.27. The first-order valence-corrected chi connectivity index (χ1v) is 5.97. The Kier molecular flexibility index (Phi) is 3.60. The standard InChI is InChI=1S/C15H15FN2O/c1-15(2,12-4-3-5-13(16)10-12)18-14(19)11-6-8-17-9-7-11/h3-10H,1-2H3,(H,18,19). The summed E-state index contributed by atoms with van der Waals surface area (Å²) in [5.41, 5.74) is 0.594. The fourth-order valence-electron chi connectivity index (χ4n) is 1.81. The number of benzene rings is 1. The molecule has 0 fully saturated rings. The van der Waals surface area contributed by atoms with E-state index in [9.17, 15) is 9.18 Å². The Bertz CT molecular complexity index is 582. The molecule has 0 unspecified atom stereocenters. The SMILES string of the molecule is CC(C)(NC(=O)c1ccncc1)c1cccc(F)c1. The zero-order valence-corrected chi connectivity index (χ0v) is 10.9. The Morgan fingerprint density at radius 1 is 1.21 bits per heavy atom. The Balaban J connectivity index is 2.20. The Labute approximate surface area is 111 Å². The van der Waals surface area contributed by atoms with Crippen molar-refractivity contribution in [2.24, 2.45) is 0 Å². The largest absolute Gasteiger partial charge is 0.343 e. The molecular weight excluding hydrogens is 243 g/mol. The maximum atomic E-state index is 13.2. The molecule has 19 heavy (non-hydrogen) atoms. The van der Waals surface area contributed by atoms with Crippen LogP contribution in [0, 0.1) is 5.82 Å². The van der Waals surface area contributed by atoms with Gasteiger partial charge in [0.1, 0.15) is 5.82 Å². The number of aromatic nitrogens is 1. The van der Waals surface area contributed by atoms with Gasteiger partial charge >= 0.3 is 0 Å². The molecule has 0 aliphatic carbocycles. The summed E-state index contributed by atoms with van der Waals surface area (Å²) in [4.78, 5) is 16.0. The molecule has 1 aromatic heterocycles. The van der Waals surface area contributed by atoms with Crippen LogP contribution in [-0.4, -0.2) is 10.9 Å². The summed E-state index contributed by atoms with van der Waals surface area (Å²) >= 11 is 0. The van der Waals surface area contributed by atoms with Crippen molar-refractivity contribution in [3.8, 4) is 0 Å². The van der Waals surface area contributed by atoms with Crippen LogP contribution in [0.2, 0.25) is 0 Å². The number of halogens is 1. The zero-order valence-electron chi connectivity index (χ0n) is 10.9. The Morgan fingerprint density at radius 3 is 2.53 bits per heavy atom. The maximum Gasteiger partial charge on any atom is 0.252 e. The molecule has 0 saturated carbocycles. The van der Waals surface area contributed by atoms with E-state index in [4.69, 9.17) is 0 Å². The molecule has 0 aliphatic rings. The van der Waals surface area contributed by atoms with E-state index < -0.39 is 5.54 Å². The first kappa shape index (κ1) is 13.2. The van der Waals surface area contributed by atoms with Crippen LogP contribution in [0.1, 0.15) is 29.8 Å². The maximum absolute atomic E-state index is 13.2. The average molecular weight is 258 g/mol. The number of hydrogen-bond donors (Lipinski definition) is 1. The molecule has 3 nitrogen and oxygen atoms in total. The minimum Gasteiger partial charge on any atom is -0.343 e. The molecule has 4 heteroatoms. The van der Waals surface area contributed by atoms with Gasteiger partial charge in [-0.05, 0) is 43.7 Å². The summed E-state index contributed by atoms with van der Waals surface area (Å²) in [7, 11) is 0. The van der Waals surface area contributed by atoms with E-state index in [2.05, 4.69) is 10.3 Å². The molecule has 1 aromatic carbocycles. The van der Waals surface area contributed by atoms with E-state index in [0.29, 0.717) is 5.56 Å². The van der Waals surface area contributed by atoms with Crippen LogP contribution in [-0.2, 0) is 5.54 Å². The Hall–Kier alpha value is -2.23. The number of carbonyl (C=O) groups is 1. The quantitative estimate of drug-likeness (QED) is 0.919. The van der Waals surface area contributed by atoms with Crippen LogP contribution < -0.4 is 5.32 Å². The number of pyridine rings is 1. The highest BCUT2D eigenvalue weighted by Crippen LogP contribution is 2.21. The molecule has 2 aromatic rings. The van der Waals surface area contributed by atoms with Crippen LogP contribution in [0.3, 0.4) is 0 Å². The molecule has 1 heterocycles. The smallest absolute Gasteiger partial charge is 0.252 e. The van der Waals surface area contributed by atoms with Crippen molar-refractivity contribution in [3.63, 3.8) is 0 Å². The molecule has 2 rings (SSSR count). The summed E-state index contributed by atoms with van der Waals surface area (Å²) in [5.74, 6) is -0.527. The highest BCUT2D eigenvalue weighted by molar-refractivity contribution is 5.94. The summed E-state index contributed by atoms with van der Waals surface area (Å²) in [5, 5.41) is 2.88. The van der Waals surface area contributed by atoms with Gasteiger partial charge in [0.05, 0.1) is 5.54 Å². The molecule has 1 N–H and O–H groups in total. The van der Waals surface area contributed by atoms with Gasteiger partial charge in [-0.3, -0.25) is 9.78 Å². The van der Waals surface area contributed by atoms with Gasteiger partial charge in [-0.15, -0.1) is 0 Å². The summed E-state index contributed by atoms with van der Waals surface area (Å²) < 4.78 is 13.2. The van der Waals surface area contributed by atoms with E-state index in [1.165, 1.54) is 12.1 Å². The Morgan fingerprint density at radius 2 is 1.89 bits per heavy atom. The first-order valence-electron chi connectivity index (χ1n) is 5.97. The fraction of sp³-hybridized carbons (Fsp3) is 0.200. The molecule has 0 radical (unpaired) electrons. The van der Waals surface area contributed by atoms with E-state index in [0.717, 1.165) is 5.56 Å². The van der Waals surface area contributed by atoms with E-state index >= 15 is 0 Å². The van der Waals surface area contributed by atoms with Crippen LogP contribution in [0.4, 0.5) is 4.39 Å². The van der Waals surface area contributed by atoms with Crippen LogP contribution in [0.15, 0.2) is 48.8 Å². The van der Waals surface area contributed by atoms with Gasteiger partial charge in [-0.2, -0.15) is 0 Å². The van der Waals surface area contributed by atoms with E-state index in [-0.39, 0.29) is 11.7 Å². The molecule has 1 amide bonds. The summed E-state index contributed by atoms with van der Waals surface area (Å²) in [6, 6.07) is 9.49. The predicted octanol–water partition coefficient (Wildman–Crippen LogP) is 2.89. The summed E-state index contributed by atoms with van der Waals surface area (Å²) in [6.45, 7) is 3.67. The molecular formula is C15H15FN2O. The van der Waals surface area contributed by atoms with Crippen LogP contribution in [0.25, 0.3) is 0 Å². The van der Waals surface area contributed by atoms with Gasteiger partial charge in [0.25, 0.3) is 5.91 Å². The van der Waals surface area contributed by atoms with Gasteiger partial charge in [0, 0.05) is 18.0 Å². The van der Waals surface area contributed by atoms with E-state index in [1.807, 2.05) is 13.8 Å². The normalized spacial score (nSPS) is 11.1. The monoisotopic (exact) mass is 258 g/mol. The second-order valence-corrected chi connectivity index (χ2v) is 4.83. The van der Waals surface area contributed by atoms with Gasteiger partial charge in [0.15, 0.2) is 0 Å². The van der Waals surface area contributed by atoms with Crippen LogP contribution >= 0.6 is 0 Å². The van der Waals surface area contributed by atoms with E-state index in [1.54, 1.807) is 36.7 Å². The van der Waals surface area contributed by atoms with Gasteiger partial charge in [-0.25, -0.2) is 4.39 Å². The molecule has 0 bridgehead atoms. The van der Waals surface area contributed by atoms with Crippen molar-refractivity contribution < 1.29 is 9.18 Å². The predicted molar refractivity (Wildman–Crippen MR) is 71.1 cm³/mol. The van der Waals surface area contributed by atoms with Crippen molar-refractivity contribution in [1.29, 1.82) is 0 Å². The number of carbonyl (C=O) groups excluding carboxylic acids is 1. The lowest BCUT2D eigenvalue weighted by molar-refractivity contribution is 0.0912. The minimum absolute atomic E-state index is 0.211. The van der Waals surface area contributed by atoms with Crippen molar-refractivity contribution in [2.45, 2.75) is 19.4 Å². The highest BCUT2D eigenvalue weighted by atomic mass is 19.1. The second kappa shape index (κ2) is 5.18. The van der Waals surface area contributed by atoms with Crippen molar-refractivity contribution in [3.05, 3.63) is 65.7 Å². The second-order valence-electron chi connectivity index (χ2n) is 4.83. The van der Waals surface area contributed by atoms with Crippen molar-refractivity contribution in [1.82, 2.24) is 10.3 Å². The minimum atomic E-state index is -0.650. The third-order valence-corrected chi connectivity index (χ3v) is 2.91. The molecule has 98 valence electrons. The first-order chi connectivity index (χ1) is 8.99.